The van der Waals surface area contributed by atoms with Gasteiger partial charge in [-0.1, -0.05) is 12.1 Å². The van der Waals surface area contributed by atoms with Gasteiger partial charge in [-0.15, -0.1) is 0 Å². The third-order valence-electron chi connectivity index (χ3n) is 2.00. The standard InChI is InChI=1S/C12H14N2O4/c1-8(15)14-10-4-2-9(3-5-10)6-12(17)18-7-11(13)16/h2-5H,6-7H2,1H3,(H2,13,16)(H,14,15). The first-order valence-electron chi connectivity index (χ1n) is 5.28. The molecule has 1 aromatic rings. The average molecular weight is 250 g/mol. The Hall–Kier alpha value is -2.37. The number of primary amides is 1. The molecule has 0 aliphatic carbocycles. The molecule has 3 N–H and O–H groups in total. The number of carbonyl (C=O) groups excluding carboxylic acids is 3. The lowest BCUT2D eigenvalue weighted by Crippen LogP contribution is -2.21. The molecule has 6 nitrogen and oxygen atoms in total. The first-order valence-corrected chi connectivity index (χ1v) is 5.28. The zero-order chi connectivity index (χ0) is 13.5. The van der Waals surface area contributed by atoms with E-state index in [0.29, 0.717) is 5.69 Å². The van der Waals surface area contributed by atoms with Crippen molar-refractivity contribution in [2.75, 3.05) is 11.9 Å². The minimum Gasteiger partial charge on any atom is -0.455 e. The average Bonchev–Trinajstić information content (AvgIpc) is 2.28. The summed E-state index contributed by atoms with van der Waals surface area (Å²) in [7, 11) is 0. The van der Waals surface area contributed by atoms with E-state index in [0.717, 1.165) is 5.56 Å². The lowest BCUT2D eigenvalue weighted by Gasteiger charge is -2.05. The van der Waals surface area contributed by atoms with Crippen molar-refractivity contribution in [2.24, 2.45) is 5.73 Å². The number of nitrogens with two attached hydrogens (primary N) is 1. The number of anilines is 1. The first kappa shape index (κ1) is 13.7. The second-order valence-corrected chi connectivity index (χ2v) is 3.68. The molecule has 96 valence electrons. The molecule has 6 heteroatoms. The molecule has 1 aromatic carbocycles. The molecular formula is C12H14N2O4. The van der Waals surface area contributed by atoms with E-state index in [1.807, 2.05) is 0 Å². The van der Waals surface area contributed by atoms with Crippen molar-refractivity contribution in [3.63, 3.8) is 0 Å². The molecule has 0 fully saturated rings. The maximum Gasteiger partial charge on any atom is 0.310 e. The van der Waals surface area contributed by atoms with Crippen molar-refractivity contribution in [2.45, 2.75) is 13.3 Å². The number of carbonyl (C=O) groups is 3. The number of amides is 2. The van der Waals surface area contributed by atoms with Gasteiger partial charge in [-0.05, 0) is 17.7 Å². The SMILES string of the molecule is CC(=O)Nc1ccc(CC(=O)OCC(N)=O)cc1. The third-order valence-corrected chi connectivity index (χ3v) is 2.00. The summed E-state index contributed by atoms with van der Waals surface area (Å²) in [5.74, 6) is -1.38. The Morgan fingerprint density at radius 3 is 2.33 bits per heavy atom. The van der Waals surface area contributed by atoms with Crippen molar-refractivity contribution >= 4 is 23.5 Å². The van der Waals surface area contributed by atoms with Gasteiger partial charge in [0, 0.05) is 12.6 Å². The fraction of sp³-hybridized carbons (Fsp3) is 0.250. The van der Waals surface area contributed by atoms with Crippen LogP contribution in [0.5, 0.6) is 0 Å². The van der Waals surface area contributed by atoms with Crippen LogP contribution >= 0.6 is 0 Å². The molecule has 0 heterocycles. The summed E-state index contributed by atoms with van der Waals surface area (Å²) in [5, 5.41) is 2.61. The topological polar surface area (TPSA) is 98.5 Å². The van der Waals surface area contributed by atoms with Crippen molar-refractivity contribution in [1.29, 1.82) is 0 Å². The summed E-state index contributed by atoms with van der Waals surface area (Å²) < 4.78 is 4.62. The summed E-state index contributed by atoms with van der Waals surface area (Å²) in [6.07, 6.45) is 0.0492. The summed E-state index contributed by atoms with van der Waals surface area (Å²) in [6.45, 7) is 0.998. The fourth-order valence-corrected chi connectivity index (χ4v) is 1.28. The minimum atomic E-state index is -0.690. The number of hydrogen-bond acceptors (Lipinski definition) is 4. The van der Waals surface area contributed by atoms with Crippen molar-refractivity contribution < 1.29 is 19.1 Å². The van der Waals surface area contributed by atoms with Gasteiger partial charge in [-0.2, -0.15) is 0 Å². The predicted octanol–water partition coefficient (Wildman–Crippen LogP) is 0.216. The van der Waals surface area contributed by atoms with Gasteiger partial charge in [-0.3, -0.25) is 14.4 Å². The number of hydrogen-bond donors (Lipinski definition) is 2. The Bertz CT molecular complexity index is 454. The Labute approximate surface area is 104 Å². The lowest BCUT2D eigenvalue weighted by atomic mass is 10.1. The Balaban J connectivity index is 2.50. The first-order chi connectivity index (χ1) is 8.47. The molecule has 0 atom stereocenters. The Morgan fingerprint density at radius 2 is 1.83 bits per heavy atom. The van der Waals surface area contributed by atoms with Crippen LogP contribution in [0.25, 0.3) is 0 Å². The van der Waals surface area contributed by atoms with Crippen molar-refractivity contribution in [3.05, 3.63) is 29.8 Å². The minimum absolute atomic E-state index is 0.0492. The number of nitrogens with one attached hydrogen (secondary N) is 1. The molecule has 0 unspecified atom stereocenters. The van der Waals surface area contributed by atoms with E-state index in [-0.39, 0.29) is 12.3 Å². The van der Waals surface area contributed by atoms with Gasteiger partial charge in [0.25, 0.3) is 5.91 Å². The molecule has 2 amide bonds. The van der Waals surface area contributed by atoms with Crippen LogP contribution < -0.4 is 11.1 Å². The molecule has 0 saturated heterocycles. The number of esters is 1. The summed E-state index contributed by atoms with van der Waals surface area (Å²) >= 11 is 0. The highest BCUT2D eigenvalue weighted by Gasteiger charge is 2.06. The number of benzene rings is 1. The molecule has 0 aliphatic rings. The van der Waals surface area contributed by atoms with Crippen LogP contribution in [0.3, 0.4) is 0 Å². The monoisotopic (exact) mass is 250 g/mol. The van der Waals surface area contributed by atoms with Crippen molar-refractivity contribution in [1.82, 2.24) is 0 Å². The predicted molar refractivity (Wildman–Crippen MR) is 64.6 cm³/mol. The van der Waals surface area contributed by atoms with E-state index < -0.39 is 18.5 Å². The van der Waals surface area contributed by atoms with Gasteiger partial charge in [0.05, 0.1) is 6.42 Å². The molecular weight excluding hydrogens is 236 g/mol. The summed E-state index contributed by atoms with van der Waals surface area (Å²) in [5.41, 5.74) is 6.21. The lowest BCUT2D eigenvalue weighted by molar-refractivity contribution is -0.147. The van der Waals surface area contributed by atoms with Crippen LogP contribution in [0.1, 0.15) is 12.5 Å². The van der Waals surface area contributed by atoms with Gasteiger partial charge in [0.2, 0.25) is 5.91 Å². The number of rotatable bonds is 5. The van der Waals surface area contributed by atoms with Crippen LogP contribution in [0.4, 0.5) is 5.69 Å². The van der Waals surface area contributed by atoms with Crippen LogP contribution in [0.15, 0.2) is 24.3 Å². The molecule has 0 spiro atoms. The Morgan fingerprint density at radius 1 is 1.22 bits per heavy atom. The second-order valence-electron chi connectivity index (χ2n) is 3.68. The fourth-order valence-electron chi connectivity index (χ4n) is 1.28. The smallest absolute Gasteiger partial charge is 0.310 e. The highest BCUT2D eigenvalue weighted by Crippen LogP contribution is 2.10. The Kier molecular flexibility index (Phi) is 4.86. The van der Waals surface area contributed by atoms with Gasteiger partial charge in [0.1, 0.15) is 0 Å². The van der Waals surface area contributed by atoms with E-state index in [9.17, 15) is 14.4 Å². The van der Waals surface area contributed by atoms with E-state index in [1.54, 1.807) is 24.3 Å². The van der Waals surface area contributed by atoms with E-state index in [2.05, 4.69) is 10.1 Å². The van der Waals surface area contributed by atoms with Gasteiger partial charge in [-0.25, -0.2) is 0 Å². The maximum absolute atomic E-state index is 11.3. The second kappa shape index (κ2) is 6.39. The summed E-state index contributed by atoms with van der Waals surface area (Å²) in [6, 6.07) is 6.74. The molecule has 0 aromatic heterocycles. The maximum atomic E-state index is 11.3. The highest BCUT2D eigenvalue weighted by molar-refractivity contribution is 5.88. The summed E-state index contributed by atoms with van der Waals surface area (Å²) in [4.78, 5) is 32.5. The largest absolute Gasteiger partial charge is 0.455 e. The van der Waals surface area contributed by atoms with Gasteiger partial charge < -0.3 is 15.8 Å². The quantitative estimate of drug-likeness (QED) is 0.730. The van der Waals surface area contributed by atoms with Crippen LogP contribution in [-0.4, -0.2) is 24.4 Å². The third kappa shape index (κ3) is 5.11. The highest BCUT2D eigenvalue weighted by atomic mass is 16.5. The van der Waals surface area contributed by atoms with Crippen LogP contribution in [0.2, 0.25) is 0 Å². The molecule has 1 rings (SSSR count). The molecule has 18 heavy (non-hydrogen) atoms. The van der Waals surface area contributed by atoms with Crippen LogP contribution in [-0.2, 0) is 25.5 Å². The van der Waals surface area contributed by atoms with E-state index in [1.165, 1.54) is 6.92 Å². The molecule has 0 saturated carbocycles. The van der Waals surface area contributed by atoms with Crippen molar-refractivity contribution in [3.8, 4) is 0 Å². The van der Waals surface area contributed by atoms with E-state index in [4.69, 9.17) is 5.73 Å². The normalized spacial score (nSPS) is 9.61. The molecule has 0 radical (unpaired) electrons. The van der Waals surface area contributed by atoms with Gasteiger partial charge >= 0.3 is 5.97 Å². The molecule has 0 bridgehead atoms. The molecule has 0 aliphatic heterocycles. The van der Waals surface area contributed by atoms with Gasteiger partial charge in [0.15, 0.2) is 6.61 Å². The van der Waals surface area contributed by atoms with E-state index >= 15 is 0 Å². The zero-order valence-corrected chi connectivity index (χ0v) is 9.93. The van der Waals surface area contributed by atoms with Crippen LogP contribution in [0, 0.1) is 0 Å². The zero-order valence-electron chi connectivity index (χ0n) is 9.93. The number of ether oxygens (including phenoxy) is 1.